The maximum absolute atomic E-state index is 11.3. The standard InChI is InChI=1S/C15H21NO5/c1-3-16(12-9-21-8-11(12)15(18)19)7-10-4-5-14(20-2)13(17)6-10/h4-6,11-12,17H,3,7-9H2,1-2H3,(H,18,19). The summed E-state index contributed by atoms with van der Waals surface area (Å²) in [5, 5.41) is 19.1. The van der Waals surface area contributed by atoms with Crippen LogP contribution < -0.4 is 4.74 Å². The molecule has 1 heterocycles. The average Bonchev–Trinajstić information content (AvgIpc) is 2.94. The molecule has 1 saturated heterocycles. The largest absolute Gasteiger partial charge is 0.504 e. The molecule has 2 N–H and O–H groups in total. The summed E-state index contributed by atoms with van der Waals surface area (Å²) in [6, 6.07) is 5.08. The molecule has 1 fully saturated rings. The molecule has 0 radical (unpaired) electrons. The summed E-state index contributed by atoms with van der Waals surface area (Å²) in [4.78, 5) is 13.3. The number of likely N-dealkylation sites (N-methyl/N-ethyl adjacent to an activating group) is 1. The molecule has 2 atom stereocenters. The summed E-state index contributed by atoms with van der Waals surface area (Å²) < 4.78 is 10.3. The quantitative estimate of drug-likeness (QED) is 0.824. The van der Waals surface area contributed by atoms with Crippen molar-refractivity contribution >= 4 is 5.97 Å². The topological polar surface area (TPSA) is 79.2 Å². The number of carboxylic acid groups (broad SMARTS) is 1. The Morgan fingerprint density at radius 1 is 1.48 bits per heavy atom. The number of aromatic hydroxyl groups is 1. The molecule has 2 unspecified atom stereocenters. The Morgan fingerprint density at radius 3 is 2.81 bits per heavy atom. The number of benzene rings is 1. The first-order chi connectivity index (χ1) is 10.1. The van der Waals surface area contributed by atoms with Gasteiger partial charge in [0.1, 0.15) is 0 Å². The molecule has 6 nitrogen and oxygen atoms in total. The van der Waals surface area contributed by atoms with Gasteiger partial charge in [-0.2, -0.15) is 0 Å². The lowest BCUT2D eigenvalue weighted by molar-refractivity contribution is -0.143. The van der Waals surface area contributed by atoms with Crippen LogP contribution in [0.1, 0.15) is 12.5 Å². The van der Waals surface area contributed by atoms with E-state index in [1.807, 2.05) is 13.0 Å². The van der Waals surface area contributed by atoms with Crippen LogP contribution in [-0.2, 0) is 16.1 Å². The van der Waals surface area contributed by atoms with Crippen molar-refractivity contribution in [1.29, 1.82) is 0 Å². The van der Waals surface area contributed by atoms with Gasteiger partial charge in [-0.15, -0.1) is 0 Å². The molecular formula is C15H21NO5. The molecule has 1 aromatic rings. The van der Waals surface area contributed by atoms with Crippen LogP contribution in [0.4, 0.5) is 0 Å². The number of aliphatic carboxylic acids is 1. The maximum atomic E-state index is 11.3. The fraction of sp³-hybridized carbons (Fsp3) is 0.533. The number of methoxy groups -OCH3 is 1. The Kier molecular flexibility index (Phi) is 5.03. The number of carboxylic acids is 1. The third kappa shape index (κ3) is 3.46. The van der Waals surface area contributed by atoms with Gasteiger partial charge in [-0.05, 0) is 24.2 Å². The minimum atomic E-state index is -0.825. The Morgan fingerprint density at radius 2 is 2.24 bits per heavy atom. The summed E-state index contributed by atoms with van der Waals surface area (Å²) in [7, 11) is 1.50. The highest BCUT2D eigenvalue weighted by Crippen LogP contribution is 2.28. The molecule has 21 heavy (non-hydrogen) atoms. The van der Waals surface area contributed by atoms with Crippen LogP contribution in [0.5, 0.6) is 11.5 Å². The van der Waals surface area contributed by atoms with E-state index in [0.717, 1.165) is 5.56 Å². The van der Waals surface area contributed by atoms with Crippen molar-refractivity contribution in [2.45, 2.75) is 19.5 Å². The molecular weight excluding hydrogens is 274 g/mol. The summed E-state index contributed by atoms with van der Waals surface area (Å²) in [6.45, 7) is 3.94. The molecule has 116 valence electrons. The lowest BCUT2D eigenvalue weighted by Gasteiger charge is -2.29. The smallest absolute Gasteiger partial charge is 0.310 e. The number of phenols is 1. The van der Waals surface area contributed by atoms with E-state index in [9.17, 15) is 15.0 Å². The highest BCUT2D eigenvalue weighted by molar-refractivity contribution is 5.71. The first-order valence-electron chi connectivity index (χ1n) is 6.97. The monoisotopic (exact) mass is 295 g/mol. The molecule has 6 heteroatoms. The third-order valence-corrected chi connectivity index (χ3v) is 3.87. The molecule has 0 bridgehead atoms. The Hall–Kier alpha value is -1.79. The van der Waals surface area contributed by atoms with Gasteiger partial charge in [0.15, 0.2) is 11.5 Å². The molecule has 0 saturated carbocycles. The number of rotatable bonds is 6. The fourth-order valence-corrected chi connectivity index (χ4v) is 2.67. The van der Waals surface area contributed by atoms with Crippen LogP contribution >= 0.6 is 0 Å². The van der Waals surface area contributed by atoms with Gasteiger partial charge in [0, 0.05) is 12.6 Å². The molecule has 2 rings (SSSR count). The van der Waals surface area contributed by atoms with E-state index in [1.165, 1.54) is 7.11 Å². The second kappa shape index (κ2) is 6.78. The van der Waals surface area contributed by atoms with Crippen molar-refractivity contribution in [2.24, 2.45) is 5.92 Å². The minimum absolute atomic E-state index is 0.0866. The van der Waals surface area contributed by atoms with E-state index < -0.39 is 11.9 Å². The zero-order chi connectivity index (χ0) is 15.4. The molecule has 0 spiro atoms. The number of hydrogen-bond acceptors (Lipinski definition) is 5. The van der Waals surface area contributed by atoms with E-state index in [2.05, 4.69) is 4.90 Å². The third-order valence-electron chi connectivity index (χ3n) is 3.87. The average molecular weight is 295 g/mol. The van der Waals surface area contributed by atoms with Crippen molar-refractivity contribution in [1.82, 2.24) is 4.90 Å². The number of nitrogens with zero attached hydrogens (tertiary/aromatic N) is 1. The van der Waals surface area contributed by atoms with Gasteiger partial charge in [0.05, 0.1) is 26.2 Å². The van der Waals surface area contributed by atoms with Gasteiger partial charge >= 0.3 is 5.97 Å². The molecule has 1 aliphatic heterocycles. The summed E-state index contributed by atoms with van der Waals surface area (Å²) in [5.41, 5.74) is 0.909. The molecule has 0 aromatic heterocycles. The van der Waals surface area contributed by atoms with Gasteiger partial charge in [0.25, 0.3) is 0 Å². The Labute approximate surface area is 123 Å². The number of ether oxygens (including phenoxy) is 2. The number of carbonyl (C=O) groups is 1. The van der Waals surface area contributed by atoms with E-state index in [1.54, 1.807) is 12.1 Å². The van der Waals surface area contributed by atoms with Crippen molar-refractivity contribution in [3.63, 3.8) is 0 Å². The van der Waals surface area contributed by atoms with Gasteiger partial charge in [-0.25, -0.2) is 0 Å². The highest BCUT2D eigenvalue weighted by Gasteiger charge is 2.37. The van der Waals surface area contributed by atoms with E-state index in [0.29, 0.717) is 25.4 Å². The second-order valence-corrected chi connectivity index (χ2v) is 5.12. The van der Waals surface area contributed by atoms with E-state index in [4.69, 9.17) is 9.47 Å². The summed E-state index contributed by atoms with van der Waals surface area (Å²) in [5.74, 6) is -0.816. The number of phenolic OH excluding ortho intramolecular Hbond substituents is 1. The van der Waals surface area contributed by atoms with Crippen molar-refractivity contribution in [3.05, 3.63) is 23.8 Å². The Balaban J connectivity index is 2.12. The summed E-state index contributed by atoms with van der Waals surface area (Å²) >= 11 is 0. The minimum Gasteiger partial charge on any atom is -0.504 e. The van der Waals surface area contributed by atoms with Crippen LogP contribution in [-0.4, -0.2) is 54.0 Å². The van der Waals surface area contributed by atoms with Crippen LogP contribution in [0.2, 0.25) is 0 Å². The second-order valence-electron chi connectivity index (χ2n) is 5.12. The van der Waals surface area contributed by atoms with Crippen LogP contribution in [0.3, 0.4) is 0 Å². The van der Waals surface area contributed by atoms with Crippen molar-refractivity contribution < 1.29 is 24.5 Å². The fourth-order valence-electron chi connectivity index (χ4n) is 2.67. The van der Waals surface area contributed by atoms with Gasteiger partial charge in [-0.1, -0.05) is 13.0 Å². The van der Waals surface area contributed by atoms with E-state index >= 15 is 0 Å². The van der Waals surface area contributed by atoms with Crippen molar-refractivity contribution in [2.75, 3.05) is 26.9 Å². The van der Waals surface area contributed by atoms with Gasteiger partial charge in [0.2, 0.25) is 0 Å². The van der Waals surface area contributed by atoms with Gasteiger partial charge in [-0.3, -0.25) is 9.69 Å². The van der Waals surface area contributed by atoms with E-state index in [-0.39, 0.29) is 18.4 Å². The normalized spacial score (nSPS) is 21.7. The molecule has 1 aromatic carbocycles. The first-order valence-corrected chi connectivity index (χ1v) is 6.97. The zero-order valence-corrected chi connectivity index (χ0v) is 12.3. The van der Waals surface area contributed by atoms with Crippen molar-refractivity contribution in [3.8, 4) is 11.5 Å². The highest BCUT2D eigenvalue weighted by atomic mass is 16.5. The van der Waals surface area contributed by atoms with Crippen LogP contribution in [0.15, 0.2) is 18.2 Å². The van der Waals surface area contributed by atoms with Gasteiger partial charge < -0.3 is 19.7 Å². The summed E-state index contributed by atoms with van der Waals surface area (Å²) in [6.07, 6.45) is 0. The lowest BCUT2D eigenvalue weighted by Crippen LogP contribution is -2.42. The molecule has 0 aliphatic carbocycles. The predicted octanol–water partition coefficient (Wildman–Crippen LogP) is 1.32. The van der Waals surface area contributed by atoms with Crippen LogP contribution in [0, 0.1) is 5.92 Å². The number of hydrogen-bond donors (Lipinski definition) is 2. The van der Waals surface area contributed by atoms with Crippen LogP contribution in [0.25, 0.3) is 0 Å². The SMILES string of the molecule is CCN(Cc1ccc(OC)c(O)c1)C1COCC1C(=O)O. The Bertz CT molecular complexity index is 505. The predicted molar refractivity (Wildman–Crippen MR) is 76.5 cm³/mol. The molecule has 1 aliphatic rings. The lowest BCUT2D eigenvalue weighted by atomic mass is 10.0. The molecule has 0 amide bonds. The zero-order valence-electron chi connectivity index (χ0n) is 12.3. The first kappa shape index (κ1) is 15.6. The maximum Gasteiger partial charge on any atom is 0.310 e.